The fourth-order valence-electron chi connectivity index (χ4n) is 3.16. The highest BCUT2D eigenvalue weighted by atomic mass is 79.9. The lowest BCUT2D eigenvalue weighted by atomic mass is 10.0. The fraction of sp³-hybridized carbons (Fsp3) is 0.286. The van der Waals surface area contributed by atoms with Crippen molar-refractivity contribution in [1.82, 2.24) is 20.9 Å². The lowest BCUT2D eigenvalue weighted by Gasteiger charge is -2.20. The number of aliphatic imine (C=N–C) groups is 1. The van der Waals surface area contributed by atoms with Crippen LogP contribution in [0.5, 0.6) is 5.75 Å². The van der Waals surface area contributed by atoms with Gasteiger partial charge >= 0.3 is 5.97 Å². The molecule has 0 fully saturated rings. The fourth-order valence-corrected chi connectivity index (χ4v) is 3.99. The number of nitrogens with zero attached hydrogens (tertiary/aromatic N) is 2. The van der Waals surface area contributed by atoms with Crippen LogP contribution in [0.2, 0.25) is 5.02 Å². The molecule has 1 aliphatic heterocycles. The monoisotopic (exact) mass is 568 g/mol. The van der Waals surface area contributed by atoms with Gasteiger partial charge in [-0.2, -0.15) is 0 Å². The van der Waals surface area contributed by atoms with Gasteiger partial charge in [0.15, 0.2) is 5.96 Å². The highest BCUT2D eigenvalue weighted by molar-refractivity contribution is 9.10. The Bertz CT molecular complexity index is 1160. The van der Waals surface area contributed by atoms with E-state index in [1.54, 1.807) is 0 Å². The van der Waals surface area contributed by atoms with Crippen molar-refractivity contribution in [2.24, 2.45) is 4.99 Å². The number of aromatic hydroxyl groups is 1. The molecule has 2 atom stereocenters. The Kier molecular flexibility index (Phi) is 8.84. The van der Waals surface area contributed by atoms with Gasteiger partial charge in [0.05, 0.1) is 53.6 Å². The number of phenolic OH excluding ortho intramolecular Hbond substituents is 1. The number of aliphatic carboxylic acids is 1. The number of carboxylic acids is 1. The summed E-state index contributed by atoms with van der Waals surface area (Å²) in [5.41, 5.74) is 0.743. The van der Waals surface area contributed by atoms with Crippen molar-refractivity contribution in [3.63, 3.8) is 0 Å². The van der Waals surface area contributed by atoms with Crippen LogP contribution >= 0.6 is 27.5 Å². The van der Waals surface area contributed by atoms with E-state index in [1.165, 1.54) is 30.6 Å². The minimum Gasteiger partial charge on any atom is -0.506 e. The van der Waals surface area contributed by atoms with Gasteiger partial charge in [0.2, 0.25) is 5.91 Å². The minimum atomic E-state index is -1.21. The molecule has 35 heavy (non-hydrogen) atoms. The van der Waals surface area contributed by atoms with Crippen LogP contribution in [0.15, 0.2) is 40.1 Å². The Hall–Kier alpha value is -3.42. The van der Waals surface area contributed by atoms with Gasteiger partial charge < -0.3 is 36.6 Å². The zero-order valence-corrected chi connectivity index (χ0v) is 20.4. The Labute approximate surface area is 212 Å². The van der Waals surface area contributed by atoms with E-state index in [4.69, 9.17) is 11.6 Å². The van der Waals surface area contributed by atoms with Crippen molar-refractivity contribution in [1.29, 1.82) is 0 Å². The molecule has 2 amide bonds. The van der Waals surface area contributed by atoms with E-state index in [0.29, 0.717) is 18.2 Å². The number of anilines is 1. The number of carbonyl (C=O) groups is 3. The summed E-state index contributed by atoms with van der Waals surface area (Å²) in [5.74, 6) is -2.31. The summed E-state index contributed by atoms with van der Waals surface area (Å²) in [7, 11) is 0. The maximum absolute atomic E-state index is 12.5. The first-order valence-electron chi connectivity index (χ1n) is 10.3. The van der Waals surface area contributed by atoms with E-state index in [0.717, 1.165) is 0 Å². The van der Waals surface area contributed by atoms with Gasteiger partial charge in [0, 0.05) is 23.3 Å². The number of carboxylic acid groups (broad SMARTS) is 1. The second-order valence-corrected chi connectivity index (χ2v) is 8.83. The second kappa shape index (κ2) is 11.8. The summed E-state index contributed by atoms with van der Waals surface area (Å²) in [5, 5.41) is 40.0. The quantitative estimate of drug-likeness (QED) is 0.243. The Morgan fingerprint density at radius 3 is 2.71 bits per heavy atom. The minimum absolute atomic E-state index is 0.112. The van der Waals surface area contributed by atoms with E-state index in [-0.39, 0.29) is 32.9 Å². The number of β-amino-alcohol motifs (C(OH)–C–C–N with tert-alkyl or cyclic N) is 1. The zero-order valence-electron chi connectivity index (χ0n) is 18.1. The average molecular weight is 570 g/mol. The van der Waals surface area contributed by atoms with E-state index in [1.807, 2.05) is 0 Å². The highest BCUT2D eigenvalue weighted by Gasteiger charge is 2.23. The van der Waals surface area contributed by atoms with Gasteiger partial charge in [0.25, 0.3) is 5.91 Å². The molecular formula is C21H22BrClN6O6. The number of halogens is 2. The number of benzene rings is 1. The van der Waals surface area contributed by atoms with Crippen LogP contribution in [0.25, 0.3) is 0 Å². The topological polar surface area (TPSA) is 185 Å². The van der Waals surface area contributed by atoms with E-state index < -0.39 is 42.9 Å². The third kappa shape index (κ3) is 7.53. The number of aromatic nitrogens is 1. The van der Waals surface area contributed by atoms with Gasteiger partial charge in [-0.05, 0) is 34.1 Å². The molecule has 0 radical (unpaired) electrons. The number of aliphatic hydroxyl groups is 1. The average Bonchev–Trinajstić information content (AvgIpc) is 2.81. The molecule has 2 heterocycles. The molecule has 3 rings (SSSR count). The van der Waals surface area contributed by atoms with Crippen LogP contribution < -0.4 is 21.3 Å². The van der Waals surface area contributed by atoms with Crippen LogP contribution in [0, 0.1) is 0 Å². The molecule has 14 heteroatoms. The van der Waals surface area contributed by atoms with Gasteiger partial charge in [-0.25, -0.2) is 0 Å². The predicted molar refractivity (Wildman–Crippen MR) is 130 cm³/mol. The maximum Gasteiger partial charge on any atom is 0.305 e. The first kappa shape index (κ1) is 26.2. The number of pyridine rings is 1. The van der Waals surface area contributed by atoms with Crippen molar-refractivity contribution in [3.05, 3.63) is 51.2 Å². The summed E-state index contributed by atoms with van der Waals surface area (Å²) in [6, 6.07) is 3.19. The molecule has 1 aliphatic rings. The third-order valence-corrected chi connectivity index (χ3v) is 5.61. The molecule has 186 valence electrons. The Morgan fingerprint density at radius 1 is 1.26 bits per heavy atom. The number of amides is 2. The summed E-state index contributed by atoms with van der Waals surface area (Å²) in [6.45, 7) is 0.118. The maximum atomic E-state index is 12.5. The predicted octanol–water partition coefficient (Wildman–Crippen LogP) is 0.997. The lowest BCUT2D eigenvalue weighted by Crippen LogP contribution is -2.42. The Balaban J connectivity index is 1.62. The van der Waals surface area contributed by atoms with Crippen LogP contribution in [-0.2, 0) is 9.59 Å². The molecule has 2 unspecified atom stereocenters. The van der Waals surface area contributed by atoms with Crippen molar-refractivity contribution >= 4 is 57.0 Å². The van der Waals surface area contributed by atoms with Crippen molar-refractivity contribution in [2.75, 3.05) is 25.0 Å². The van der Waals surface area contributed by atoms with Gasteiger partial charge in [-0.15, -0.1) is 0 Å². The first-order valence-corrected chi connectivity index (χ1v) is 11.4. The highest BCUT2D eigenvalue weighted by Crippen LogP contribution is 2.36. The molecule has 12 nitrogen and oxygen atoms in total. The summed E-state index contributed by atoms with van der Waals surface area (Å²) in [4.78, 5) is 44.4. The number of aliphatic hydroxyl groups excluding tert-OH is 1. The van der Waals surface area contributed by atoms with Crippen molar-refractivity contribution < 1.29 is 29.7 Å². The van der Waals surface area contributed by atoms with Crippen LogP contribution in [0.3, 0.4) is 0 Å². The largest absolute Gasteiger partial charge is 0.506 e. The molecule has 0 saturated heterocycles. The van der Waals surface area contributed by atoms with Crippen molar-refractivity contribution in [2.45, 2.75) is 18.6 Å². The zero-order chi connectivity index (χ0) is 25.5. The molecule has 7 N–H and O–H groups in total. The molecule has 0 bridgehead atoms. The summed E-state index contributed by atoms with van der Waals surface area (Å²) < 4.78 is 0.240. The van der Waals surface area contributed by atoms with E-state index in [2.05, 4.69) is 47.2 Å². The Morgan fingerprint density at radius 2 is 2.03 bits per heavy atom. The summed E-state index contributed by atoms with van der Waals surface area (Å²) >= 11 is 9.13. The molecule has 0 spiro atoms. The van der Waals surface area contributed by atoms with E-state index in [9.17, 15) is 29.7 Å². The molecule has 0 aliphatic carbocycles. The number of hydrogen-bond acceptors (Lipinski definition) is 9. The standard InChI is InChI=1S/C21H22BrClN6O6/c22-15-3-11(23)2-14(19(15)34)16(4-18(32)33)29-17(31)9-25-20(35)10-1-12(6-24-5-10)28-21-26-7-13(30)8-27-21/h1-3,5-6,13,16,30,34H,4,7-9H2,(H,25,35)(H,29,31)(H,32,33)(H2,26,27,28). The normalized spacial score (nSPS) is 15.9. The van der Waals surface area contributed by atoms with Gasteiger partial charge in [-0.3, -0.25) is 24.4 Å². The number of rotatable bonds is 8. The molecule has 0 saturated carbocycles. The number of guanidine groups is 1. The summed E-state index contributed by atoms with van der Waals surface area (Å²) in [6.07, 6.45) is 1.70. The smallest absolute Gasteiger partial charge is 0.305 e. The number of nitrogens with one attached hydrogen (secondary N) is 4. The van der Waals surface area contributed by atoms with Gasteiger partial charge in [-0.1, -0.05) is 11.6 Å². The van der Waals surface area contributed by atoms with Crippen LogP contribution in [-0.4, -0.2) is 69.8 Å². The van der Waals surface area contributed by atoms with Crippen LogP contribution in [0.4, 0.5) is 5.69 Å². The molecule has 1 aromatic carbocycles. The number of carbonyl (C=O) groups excluding carboxylic acids is 2. The van der Waals surface area contributed by atoms with Gasteiger partial charge in [0.1, 0.15) is 5.75 Å². The third-order valence-electron chi connectivity index (χ3n) is 4.78. The number of phenols is 1. The van der Waals surface area contributed by atoms with Crippen molar-refractivity contribution in [3.8, 4) is 5.75 Å². The first-order chi connectivity index (χ1) is 16.6. The molecule has 2 aromatic rings. The second-order valence-electron chi connectivity index (χ2n) is 7.54. The lowest BCUT2D eigenvalue weighted by molar-refractivity contribution is -0.137. The molecular weight excluding hydrogens is 548 g/mol. The van der Waals surface area contributed by atoms with Crippen LogP contribution in [0.1, 0.15) is 28.4 Å². The SMILES string of the molecule is O=C(O)CC(NC(=O)CNC(=O)c1cncc(NC2=NCC(O)CN2)c1)c1cc(Cl)cc(Br)c1O. The number of hydrogen-bond donors (Lipinski definition) is 7. The molecule has 1 aromatic heterocycles. The van der Waals surface area contributed by atoms with E-state index >= 15 is 0 Å².